The van der Waals surface area contributed by atoms with E-state index in [1.807, 2.05) is 13.8 Å². The van der Waals surface area contributed by atoms with E-state index in [9.17, 15) is 0 Å². The molecule has 0 heterocycles. The fourth-order valence-corrected chi connectivity index (χ4v) is 0. The molecule has 0 aromatic heterocycles. The highest BCUT2D eigenvalue weighted by molar-refractivity contribution is 6.63. The fourth-order valence-electron chi connectivity index (χ4n) is 0. The first-order valence-electron chi connectivity index (χ1n) is 3.55. The number of aliphatic hydroxyl groups is 1. The van der Waals surface area contributed by atoms with Crippen LogP contribution in [0.2, 0.25) is 0 Å². The summed E-state index contributed by atoms with van der Waals surface area (Å²) in [4.78, 5) is -0.222. The molecule has 0 aliphatic rings. The van der Waals surface area contributed by atoms with Gasteiger partial charge in [-0.05, 0) is 12.8 Å². The quantitative estimate of drug-likeness (QED) is 0.709. The summed E-state index contributed by atoms with van der Waals surface area (Å²) in [7, 11) is 0. The molecule has 0 saturated carbocycles. The minimum Gasteiger partial charge on any atom is -0.396 e. The van der Waals surface area contributed by atoms with Crippen molar-refractivity contribution in [3.8, 4) is 0 Å². The standard InChI is InChI=1S/C4H10O.C2H4Cl2.CHCl3/c1-4(2)3-5;1-2(3)4;2-1(3)4/h4-5H,3H2,1-2H3;2H,1H3;1H. The summed E-state index contributed by atoms with van der Waals surface area (Å²) >= 11 is 24.5. The summed E-state index contributed by atoms with van der Waals surface area (Å²) in [5.74, 6) is 0.440. The smallest absolute Gasteiger partial charge is 0.180 e. The van der Waals surface area contributed by atoms with Crippen LogP contribution in [0.25, 0.3) is 0 Å². The predicted molar refractivity (Wildman–Crippen MR) is 64.4 cm³/mol. The molecule has 0 saturated heterocycles. The topological polar surface area (TPSA) is 20.2 Å². The summed E-state index contributed by atoms with van der Waals surface area (Å²) in [6.07, 6.45) is 0. The SMILES string of the molecule is CC(C)CO.CC(Cl)Cl.ClC(Cl)Cl. The fraction of sp³-hybridized carbons (Fsp3) is 1.00. The van der Waals surface area contributed by atoms with Crippen LogP contribution < -0.4 is 0 Å². The zero-order chi connectivity index (χ0) is 11.4. The molecule has 0 unspecified atom stereocenters. The Morgan fingerprint density at radius 3 is 1.00 bits per heavy atom. The van der Waals surface area contributed by atoms with Gasteiger partial charge in [0.05, 0.1) is 0 Å². The molecule has 0 fully saturated rings. The van der Waals surface area contributed by atoms with Gasteiger partial charge in [0.15, 0.2) is 4.30 Å². The molecule has 0 aliphatic heterocycles. The molecule has 84 valence electrons. The van der Waals surface area contributed by atoms with Gasteiger partial charge >= 0.3 is 0 Å². The Bertz CT molecular complexity index is 65.8. The van der Waals surface area contributed by atoms with Crippen LogP contribution in [0.4, 0.5) is 0 Å². The second-order valence-corrected chi connectivity index (χ2v) is 5.85. The lowest BCUT2D eigenvalue weighted by Gasteiger charge is -1.90. The molecule has 0 radical (unpaired) electrons. The van der Waals surface area contributed by atoms with Crippen LogP contribution >= 0.6 is 58.0 Å². The van der Waals surface area contributed by atoms with E-state index in [1.165, 1.54) is 0 Å². The van der Waals surface area contributed by atoms with Crippen LogP contribution in [-0.4, -0.2) is 20.8 Å². The van der Waals surface area contributed by atoms with E-state index >= 15 is 0 Å². The van der Waals surface area contributed by atoms with Crippen molar-refractivity contribution in [1.82, 2.24) is 0 Å². The Labute approximate surface area is 105 Å². The van der Waals surface area contributed by atoms with Crippen molar-refractivity contribution in [3.05, 3.63) is 0 Å². The van der Waals surface area contributed by atoms with Crippen LogP contribution in [0.15, 0.2) is 0 Å². The second kappa shape index (κ2) is 15.9. The third-order valence-corrected chi connectivity index (χ3v) is 0.365. The van der Waals surface area contributed by atoms with Crippen LogP contribution in [0.3, 0.4) is 0 Å². The van der Waals surface area contributed by atoms with Gasteiger partial charge < -0.3 is 5.11 Å². The number of hydrogen-bond donors (Lipinski definition) is 1. The number of rotatable bonds is 1. The van der Waals surface area contributed by atoms with E-state index in [0.717, 1.165) is 0 Å². The van der Waals surface area contributed by atoms with Gasteiger partial charge in [-0.2, -0.15) is 0 Å². The first-order valence-corrected chi connectivity index (χ1v) is 5.73. The third-order valence-electron chi connectivity index (χ3n) is 0.365. The highest BCUT2D eigenvalue weighted by Crippen LogP contribution is 2.03. The first kappa shape index (κ1) is 19.9. The van der Waals surface area contributed by atoms with Gasteiger partial charge in [-0.3, -0.25) is 0 Å². The molecular weight excluding hydrogens is 277 g/mol. The van der Waals surface area contributed by atoms with E-state index in [4.69, 9.17) is 63.1 Å². The van der Waals surface area contributed by atoms with Crippen molar-refractivity contribution in [2.45, 2.75) is 29.9 Å². The van der Waals surface area contributed by atoms with E-state index in [1.54, 1.807) is 6.92 Å². The number of halogens is 5. The number of hydrogen-bond acceptors (Lipinski definition) is 1. The number of alkyl halides is 5. The van der Waals surface area contributed by atoms with Gasteiger partial charge in [0, 0.05) is 6.61 Å². The van der Waals surface area contributed by atoms with Crippen molar-refractivity contribution in [1.29, 1.82) is 0 Å². The third kappa shape index (κ3) is 150. The molecule has 0 bridgehead atoms. The van der Waals surface area contributed by atoms with Crippen molar-refractivity contribution >= 4 is 58.0 Å². The van der Waals surface area contributed by atoms with Crippen molar-refractivity contribution in [3.63, 3.8) is 0 Å². The molecular formula is C7H15Cl5O. The molecule has 6 heteroatoms. The molecule has 0 aromatic carbocycles. The molecule has 1 nitrogen and oxygen atoms in total. The molecule has 13 heavy (non-hydrogen) atoms. The lowest BCUT2D eigenvalue weighted by molar-refractivity contribution is 0.248. The maximum atomic E-state index is 8.14. The molecule has 1 N–H and O–H groups in total. The van der Waals surface area contributed by atoms with Crippen molar-refractivity contribution in [2.24, 2.45) is 5.92 Å². The predicted octanol–water partition coefficient (Wildman–Crippen LogP) is 4.43. The van der Waals surface area contributed by atoms with Crippen LogP contribution in [0, 0.1) is 5.92 Å². The number of aliphatic hydroxyl groups excluding tert-OH is 1. The molecule has 0 atom stereocenters. The summed E-state index contributed by atoms with van der Waals surface area (Å²) in [5, 5.41) is 8.14. The highest BCUT2D eigenvalue weighted by atomic mass is 35.6. The first-order chi connectivity index (χ1) is 5.73. The van der Waals surface area contributed by atoms with E-state index in [-0.39, 0.29) is 4.84 Å². The summed E-state index contributed by atoms with van der Waals surface area (Å²) in [6, 6.07) is 0. The summed E-state index contributed by atoms with van der Waals surface area (Å²) < 4.78 is -0.750. The van der Waals surface area contributed by atoms with Crippen LogP contribution in [0.1, 0.15) is 20.8 Å². The molecule has 0 rings (SSSR count). The second-order valence-electron chi connectivity index (χ2n) is 2.34. The van der Waals surface area contributed by atoms with Gasteiger partial charge in [0.25, 0.3) is 0 Å². The van der Waals surface area contributed by atoms with Crippen molar-refractivity contribution in [2.75, 3.05) is 6.61 Å². The van der Waals surface area contributed by atoms with Crippen LogP contribution in [0.5, 0.6) is 0 Å². The average Bonchev–Trinajstić information content (AvgIpc) is 1.84. The maximum absolute atomic E-state index is 8.14. The van der Waals surface area contributed by atoms with Crippen LogP contribution in [-0.2, 0) is 0 Å². The monoisotopic (exact) mass is 290 g/mol. The Kier molecular flexibility index (Phi) is 24.3. The Morgan fingerprint density at radius 2 is 1.00 bits per heavy atom. The summed E-state index contributed by atoms with van der Waals surface area (Å²) in [5.41, 5.74) is 0. The largest absolute Gasteiger partial charge is 0.396 e. The highest BCUT2D eigenvalue weighted by Gasteiger charge is 1.81. The molecule has 0 aromatic rings. The molecule has 0 amide bonds. The summed E-state index contributed by atoms with van der Waals surface area (Å²) in [6.45, 7) is 5.95. The average molecular weight is 292 g/mol. The van der Waals surface area contributed by atoms with Gasteiger partial charge in [0.1, 0.15) is 4.84 Å². The van der Waals surface area contributed by atoms with E-state index in [2.05, 4.69) is 0 Å². The minimum atomic E-state index is -0.750. The lowest BCUT2D eigenvalue weighted by Crippen LogP contribution is -1.90. The Hall–Kier alpha value is 1.41. The maximum Gasteiger partial charge on any atom is 0.180 e. The van der Waals surface area contributed by atoms with Gasteiger partial charge in [-0.15, -0.1) is 23.2 Å². The zero-order valence-electron chi connectivity index (χ0n) is 7.78. The Balaban J connectivity index is -0.000000117. The molecule has 0 spiro atoms. The van der Waals surface area contributed by atoms with E-state index < -0.39 is 4.30 Å². The van der Waals surface area contributed by atoms with E-state index in [0.29, 0.717) is 12.5 Å². The van der Waals surface area contributed by atoms with Gasteiger partial charge in [-0.25, -0.2) is 0 Å². The van der Waals surface area contributed by atoms with Gasteiger partial charge in [0.2, 0.25) is 0 Å². The van der Waals surface area contributed by atoms with Crippen molar-refractivity contribution < 1.29 is 5.11 Å². The minimum absolute atomic E-state index is 0.222. The van der Waals surface area contributed by atoms with Gasteiger partial charge in [-0.1, -0.05) is 48.7 Å². The zero-order valence-corrected chi connectivity index (χ0v) is 11.6. The lowest BCUT2D eigenvalue weighted by atomic mass is 10.2. The Morgan fingerprint density at radius 1 is 0.923 bits per heavy atom. The normalized spacial score (nSPS) is 9.23. The molecule has 0 aliphatic carbocycles.